The van der Waals surface area contributed by atoms with Crippen LogP contribution in [-0.2, 0) is 6.54 Å². The Morgan fingerprint density at radius 3 is 2.90 bits per heavy atom. The maximum Gasteiger partial charge on any atom is 0.134 e. The predicted molar refractivity (Wildman–Crippen MR) is 79.5 cm³/mol. The predicted octanol–water partition coefficient (Wildman–Crippen LogP) is 3.37. The van der Waals surface area contributed by atoms with Gasteiger partial charge >= 0.3 is 0 Å². The largest absolute Gasteiger partial charge is 0.459 e. The molecule has 0 aliphatic rings. The van der Waals surface area contributed by atoms with Crippen molar-refractivity contribution in [3.8, 4) is 0 Å². The lowest BCUT2D eigenvalue weighted by Crippen LogP contribution is -2.32. The van der Waals surface area contributed by atoms with Gasteiger partial charge in [0.05, 0.1) is 12.4 Å². The minimum absolute atomic E-state index is 0.181. The van der Waals surface area contributed by atoms with Crippen molar-refractivity contribution in [2.45, 2.75) is 32.5 Å². The highest BCUT2D eigenvalue weighted by molar-refractivity contribution is 5.77. The lowest BCUT2D eigenvalue weighted by atomic mass is 10.2. The van der Waals surface area contributed by atoms with Crippen LogP contribution < -0.4 is 5.32 Å². The van der Waals surface area contributed by atoms with E-state index in [1.165, 1.54) is 0 Å². The van der Waals surface area contributed by atoms with Crippen LogP contribution in [0.1, 0.15) is 25.6 Å². The summed E-state index contributed by atoms with van der Waals surface area (Å²) in [7, 11) is 0. The first-order valence-electron chi connectivity index (χ1n) is 6.92. The van der Waals surface area contributed by atoms with E-state index >= 15 is 0 Å². The molecule has 0 aliphatic carbocycles. The second kappa shape index (κ2) is 5.51. The lowest BCUT2D eigenvalue weighted by Gasteiger charge is -2.18. The molecule has 0 radical (unpaired) electrons. The van der Waals surface area contributed by atoms with Crippen molar-refractivity contribution in [3.05, 3.63) is 54.8 Å². The zero-order valence-corrected chi connectivity index (χ0v) is 11.8. The molecule has 0 aliphatic heterocycles. The fourth-order valence-electron chi connectivity index (χ4n) is 2.49. The van der Waals surface area contributed by atoms with Crippen molar-refractivity contribution in [1.82, 2.24) is 14.9 Å². The maximum absolute atomic E-state index is 5.88. The summed E-state index contributed by atoms with van der Waals surface area (Å²) in [4.78, 5) is 4.06. The van der Waals surface area contributed by atoms with E-state index in [2.05, 4.69) is 40.8 Å². The first-order valence-corrected chi connectivity index (χ1v) is 6.92. The normalized spacial score (nSPS) is 14.5. The smallest absolute Gasteiger partial charge is 0.134 e. The Hall–Kier alpha value is -2.07. The van der Waals surface area contributed by atoms with E-state index in [1.54, 1.807) is 6.20 Å². The zero-order valence-electron chi connectivity index (χ0n) is 11.8. The third kappa shape index (κ3) is 2.75. The van der Waals surface area contributed by atoms with Gasteiger partial charge in [-0.25, -0.2) is 4.98 Å². The van der Waals surface area contributed by atoms with Crippen LogP contribution in [0.15, 0.2) is 53.5 Å². The van der Waals surface area contributed by atoms with E-state index in [0.29, 0.717) is 6.04 Å². The molecule has 1 N–H and O–H groups in total. The van der Waals surface area contributed by atoms with Crippen LogP contribution in [0.2, 0.25) is 0 Å². The molecule has 2 aromatic heterocycles. The second-order valence-corrected chi connectivity index (χ2v) is 5.24. The van der Waals surface area contributed by atoms with Gasteiger partial charge < -0.3 is 14.3 Å². The molecular formula is C16H19N3O. The average molecular weight is 269 g/mol. The van der Waals surface area contributed by atoms with Gasteiger partial charge in [0, 0.05) is 30.4 Å². The van der Waals surface area contributed by atoms with Gasteiger partial charge in [-0.05, 0) is 26.0 Å². The van der Waals surface area contributed by atoms with Crippen molar-refractivity contribution in [2.24, 2.45) is 0 Å². The van der Waals surface area contributed by atoms with Crippen molar-refractivity contribution < 1.29 is 4.42 Å². The summed E-state index contributed by atoms with van der Waals surface area (Å²) in [5.41, 5.74) is 0.943. The summed E-state index contributed by atoms with van der Waals surface area (Å²) >= 11 is 0. The first-order chi connectivity index (χ1) is 9.72. The lowest BCUT2D eigenvalue weighted by molar-refractivity contribution is 0.386. The molecule has 4 heteroatoms. The molecule has 0 amide bonds. The minimum atomic E-state index is 0.181. The van der Waals surface area contributed by atoms with Gasteiger partial charge in [0.1, 0.15) is 11.3 Å². The van der Waals surface area contributed by atoms with Crippen molar-refractivity contribution in [2.75, 3.05) is 0 Å². The summed E-state index contributed by atoms with van der Waals surface area (Å²) in [6.07, 6.45) is 5.61. The van der Waals surface area contributed by atoms with Crippen molar-refractivity contribution in [1.29, 1.82) is 0 Å². The Bertz CT molecular complexity index is 639. The van der Waals surface area contributed by atoms with E-state index in [-0.39, 0.29) is 6.04 Å². The molecule has 20 heavy (non-hydrogen) atoms. The van der Waals surface area contributed by atoms with Crippen LogP contribution >= 0.6 is 0 Å². The molecule has 2 heterocycles. The molecule has 1 aromatic carbocycles. The summed E-state index contributed by atoms with van der Waals surface area (Å²) in [5, 5.41) is 4.70. The Morgan fingerprint density at radius 1 is 1.30 bits per heavy atom. The number of imidazole rings is 1. The van der Waals surface area contributed by atoms with E-state index in [4.69, 9.17) is 4.42 Å². The third-order valence-corrected chi connectivity index (χ3v) is 3.45. The number of hydrogen-bond donors (Lipinski definition) is 1. The highest BCUT2D eigenvalue weighted by Crippen LogP contribution is 2.23. The van der Waals surface area contributed by atoms with Gasteiger partial charge in [-0.2, -0.15) is 0 Å². The highest BCUT2D eigenvalue weighted by atomic mass is 16.3. The number of benzene rings is 1. The van der Waals surface area contributed by atoms with Gasteiger partial charge in [-0.1, -0.05) is 18.2 Å². The first kappa shape index (κ1) is 12.9. The summed E-state index contributed by atoms with van der Waals surface area (Å²) in [5.74, 6) is 0.976. The van der Waals surface area contributed by atoms with E-state index in [1.807, 2.05) is 30.7 Å². The molecule has 0 saturated heterocycles. The molecule has 0 saturated carbocycles. The SMILES string of the molecule is CC(Cn1ccnc1)NC(C)c1cc2ccccc2o1. The molecule has 2 unspecified atom stereocenters. The van der Waals surface area contributed by atoms with Crippen LogP contribution in [-0.4, -0.2) is 15.6 Å². The van der Waals surface area contributed by atoms with Crippen molar-refractivity contribution in [3.63, 3.8) is 0 Å². The number of nitrogens with one attached hydrogen (secondary N) is 1. The molecule has 0 fully saturated rings. The molecule has 2 atom stereocenters. The second-order valence-electron chi connectivity index (χ2n) is 5.24. The quantitative estimate of drug-likeness (QED) is 0.772. The van der Waals surface area contributed by atoms with Gasteiger partial charge in [-0.15, -0.1) is 0 Å². The zero-order chi connectivity index (χ0) is 13.9. The molecule has 3 aromatic rings. The molecular weight excluding hydrogens is 250 g/mol. The van der Waals surface area contributed by atoms with Gasteiger partial charge in [0.15, 0.2) is 0 Å². The van der Waals surface area contributed by atoms with E-state index in [9.17, 15) is 0 Å². The van der Waals surface area contributed by atoms with Crippen molar-refractivity contribution >= 4 is 11.0 Å². The maximum atomic E-state index is 5.88. The number of aromatic nitrogens is 2. The number of para-hydroxylation sites is 1. The van der Waals surface area contributed by atoms with Crippen LogP contribution in [0.5, 0.6) is 0 Å². The monoisotopic (exact) mass is 269 g/mol. The number of fused-ring (bicyclic) bond motifs is 1. The number of nitrogens with zero attached hydrogens (tertiary/aromatic N) is 2. The fraction of sp³-hybridized carbons (Fsp3) is 0.312. The van der Waals surface area contributed by atoms with Gasteiger partial charge in [-0.3, -0.25) is 0 Å². The summed E-state index contributed by atoms with van der Waals surface area (Å²) in [6.45, 7) is 5.19. The third-order valence-electron chi connectivity index (χ3n) is 3.45. The number of hydrogen-bond acceptors (Lipinski definition) is 3. The standard InChI is InChI=1S/C16H19N3O/c1-12(10-19-8-7-17-11-19)18-13(2)16-9-14-5-3-4-6-15(14)20-16/h3-9,11-13,18H,10H2,1-2H3. The Balaban J connectivity index is 1.67. The molecule has 104 valence electrons. The topological polar surface area (TPSA) is 43.0 Å². The van der Waals surface area contributed by atoms with Crippen LogP contribution in [0.4, 0.5) is 0 Å². The molecule has 0 spiro atoms. The van der Waals surface area contributed by atoms with Crippen LogP contribution in [0.25, 0.3) is 11.0 Å². The summed E-state index contributed by atoms with van der Waals surface area (Å²) in [6, 6.07) is 10.7. The summed E-state index contributed by atoms with van der Waals surface area (Å²) < 4.78 is 7.96. The molecule has 0 bridgehead atoms. The number of furan rings is 1. The molecule has 4 nitrogen and oxygen atoms in total. The van der Waals surface area contributed by atoms with Crippen LogP contribution in [0, 0.1) is 0 Å². The Kier molecular flexibility index (Phi) is 3.56. The average Bonchev–Trinajstić information content (AvgIpc) is 3.06. The highest BCUT2D eigenvalue weighted by Gasteiger charge is 2.14. The van der Waals surface area contributed by atoms with E-state index in [0.717, 1.165) is 23.3 Å². The van der Waals surface area contributed by atoms with Gasteiger partial charge in [0.2, 0.25) is 0 Å². The minimum Gasteiger partial charge on any atom is -0.459 e. The van der Waals surface area contributed by atoms with Gasteiger partial charge in [0.25, 0.3) is 0 Å². The fourth-order valence-corrected chi connectivity index (χ4v) is 2.49. The van der Waals surface area contributed by atoms with E-state index < -0.39 is 0 Å². The number of rotatable bonds is 5. The Labute approximate surface area is 118 Å². The molecule has 3 rings (SSSR count). The van der Waals surface area contributed by atoms with Crippen LogP contribution in [0.3, 0.4) is 0 Å². The Morgan fingerprint density at radius 2 is 2.15 bits per heavy atom.